The van der Waals surface area contributed by atoms with Crippen molar-refractivity contribution in [3.8, 4) is 11.3 Å². The van der Waals surface area contributed by atoms with E-state index in [9.17, 15) is 13.2 Å². The number of nitrogens with two attached hydrogens (primary N) is 1. The van der Waals surface area contributed by atoms with Gasteiger partial charge in [-0.05, 0) is 54.8 Å². The zero-order chi connectivity index (χ0) is 21.1. The molecule has 156 valence electrons. The van der Waals surface area contributed by atoms with Gasteiger partial charge in [0, 0.05) is 17.0 Å². The third-order valence-corrected chi connectivity index (χ3v) is 5.66. The molecular formula is C22H20F3N3OS. The van der Waals surface area contributed by atoms with Gasteiger partial charge < -0.3 is 15.5 Å². The van der Waals surface area contributed by atoms with Crippen molar-refractivity contribution in [2.24, 2.45) is 5.73 Å². The van der Waals surface area contributed by atoms with Gasteiger partial charge in [0.25, 0.3) is 0 Å². The lowest BCUT2D eigenvalue weighted by Crippen LogP contribution is -2.21. The first-order valence-corrected chi connectivity index (χ1v) is 10.3. The van der Waals surface area contributed by atoms with Crippen molar-refractivity contribution in [2.45, 2.75) is 25.2 Å². The van der Waals surface area contributed by atoms with E-state index in [1.165, 1.54) is 17.6 Å². The van der Waals surface area contributed by atoms with E-state index in [0.29, 0.717) is 36.6 Å². The largest absolute Gasteiger partial charge is 0.460 e. The molecule has 0 aliphatic carbocycles. The number of aromatic nitrogens is 1. The van der Waals surface area contributed by atoms with E-state index >= 15 is 0 Å². The molecule has 1 atom stereocenters. The van der Waals surface area contributed by atoms with Crippen molar-refractivity contribution in [1.82, 2.24) is 9.69 Å². The Morgan fingerprint density at radius 1 is 1.07 bits per heavy atom. The highest BCUT2D eigenvalue weighted by atomic mass is 32.1. The topological polar surface area (TPSA) is 64.1 Å². The Kier molecular flexibility index (Phi) is 5.90. The molecule has 30 heavy (non-hydrogen) atoms. The molecule has 2 aromatic heterocycles. The minimum absolute atomic E-state index is 0.175. The molecule has 4 nitrogen and oxygen atoms in total. The van der Waals surface area contributed by atoms with Crippen LogP contribution in [0.25, 0.3) is 21.4 Å². The fraction of sp³-hybridized carbons (Fsp3) is 0.227. The summed E-state index contributed by atoms with van der Waals surface area (Å²) in [4.78, 5) is 0. The molecule has 0 radical (unpaired) electrons. The monoisotopic (exact) mass is 431 g/mol. The average molecular weight is 431 g/mol. The molecule has 3 N–H and O–H groups in total. The van der Waals surface area contributed by atoms with Gasteiger partial charge in [0.2, 0.25) is 0 Å². The second kappa shape index (κ2) is 8.59. The normalized spacial score (nSPS) is 13.1. The number of fused-ring (bicyclic) bond motifs is 1. The second-order valence-corrected chi connectivity index (χ2v) is 7.79. The first-order chi connectivity index (χ1) is 14.4. The van der Waals surface area contributed by atoms with Crippen molar-refractivity contribution in [3.63, 3.8) is 0 Å². The van der Waals surface area contributed by atoms with Crippen LogP contribution in [0.3, 0.4) is 0 Å². The number of rotatable bonds is 7. The minimum Gasteiger partial charge on any atom is -0.460 e. The summed E-state index contributed by atoms with van der Waals surface area (Å²) >= 11 is 1.45. The van der Waals surface area contributed by atoms with E-state index < -0.39 is 11.7 Å². The van der Waals surface area contributed by atoms with Crippen LogP contribution in [0.4, 0.5) is 13.2 Å². The van der Waals surface area contributed by atoms with Crippen LogP contribution in [-0.4, -0.2) is 10.9 Å². The number of hydrogen-bond donors (Lipinski definition) is 2. The molecule has 2 heterocycles. The molecule has 0 amide bonds. The summed E-state index contributed by atoms with van der Waals surface area (Å²) in [5.74, 6) is 1.05. The summed E-state index contributed by atoms with van der Waals surface area (Å²) < 4.78 is 50.0. The van der Waals surface area contributed by atoms with Crippen molar-refractivity contribution in [1.29, 1.82) is 0 Å². The third-order valence-electron chi connectivity index (χ3n) is 4.82. The van der Waals surface area contributed by atoms with Crippen LogP contribution < -0.4 is 11.1 Å². The standard InChI is InChI=1S/C22H20F3N3OS/c23-22(24,25)15-5-3-4-14(12-15)19-9-8-16(29-19)13-27-11-10-18(26)21-17-6-1-2-7-20(17)30-28-21/h1-9,12,18,27H,10-11,13,26H2. The van der Waals surface area contributed by atoms with Crippen LogP contribution in [-0.2, 0) is 12.7 Å². The Morgan fingerprint density at radius 2 is 1.90 bits per heavy atom. The number of furan rings is 1. The van der Waals surface area contributed by atoms with Crippen molar-refractivity contribution in [2.75, 3.05) is 6.54 Å². The van der Waals surface area contributed by atoms with E-state index in [2.05, 4.69) is 9.69 Å². The summed E-state index contributed by atoms with van der Waals surface area (Å²) in [6.07, 6.45) is -3.68. The molecule has 4 aromatic rings. The lowest BCUT2D eigenvalue weighted by Gasteiger charge is -2.10. The molecule has 8 heteroatoms. The molecule has 0 saturated heterocycles. The third kappa shape index (κ3) is 4.56. The van der Waals surface area contributed by atoms with E-state index in [1.54, 1.807) is 18.2 Å². The number of nitrogens with one attached hydrogen (secondary N) is 1. The maximum atomic E-state index is 12.9. The Bertz CT molecular complexity index is 1140. The van der Waals surface area contributed by atoms with Gasteiger partial charge in [0.05, 0.1) is 22.5 Å². The average Bonchev–Trinajstić information content (AvgIpc) is 3.38. The van der Waals surface area contributed by atoms with E-state index in [0.717, 1.165) is 27.9 Å². The molecule has 4 rings (SSSR count). The Balaban J connectivity index is 1.32. The van der Waals surface area contributed by atoms with Crippen LogP contribution in [0.2, 0.25) is 0 Å². The number of hydrogen-bond acceptors (Lipinski definition) is 5. The zero-order valence-electron chi connectivity index (χ0n) is 15.9. The lowest BCUT2D eigenvalue weighted by atomic mass is 10.1. The smallest absolute Gasteiger partial charge is 0.416 e. The van der Waals surface area contributed by atoms with Crippen molar-refractivity contribution >= 4 is 21.6 Å². The highest BCUT2D eigenvalue weighted by Crippen LogP contribution is 2.32. The van der Waals surface area contributed by atoms with Gasteiger partial charge >= 0.3 is 6.18 Å². The van der Waals surface area contributed by atoms with Crippen LogP contribution in [0.1, 0.15) is 29.5 Å². The Labute approximate surface area is 175 Å². The van der Waals surface area contributed by atoms with Crippen LogP contribution in [0.15, 0.2) is 65.1 Å². The van der Waals surface area contributed by atoms with E-state index in [-0.39, 0.29) is 6.04 Å². The van der Waals surface area contributed by atoms with Gasteiger partial charge in [-0.2, -0.15) is 17.5 Å². The van der Waals surface area contributed by atoms with Crippen LogP contribution >= 0.6 is 11.5 Å². The zero-order valence-corrected chi connectivity index (χ0v) is 16.8. The van der Waals surface area contributed by atoms with Crippen LogP contribution in [0, 0.1) is 0 Å². The SMILES string of the molecule is NC(CCNCc1ccc(-c2cccc(C(F)(F)F)c2)o1)c1nsc2ccccc12. The van der Waals surface area contributed by atoms with E-state index in [4.69, 9.17) is 10.2 Å². The maximum Gasteiger partial charge on any atom is 0.416 e. The number of nitrogens with zero attached hydrogens (tertiary/aromatic N) is 1. The minimum atomic E-state index is -4.38. The first kappa shape index (κ1) is 20.6. The quantitative estimate of drug-likeness (QED) is 0.366. The molecule has 0 fully saturated rings. The second-order valence-electron chi connectivity index (χ2n) is 6.98. The van der Waals surface area contributed by atoms with E-state index in [1.807, 2.05) is 24.3 Å². The lowest BCUT2D eigenvalue weighted by molar-refractivity contribution is -0.137. The fourth-order valence-corrected chi connectivity index (χ4v) is 4.10. The fourth-order valence-electron chi connectivity index (χ4n) is 3.26. The molecular weight excluding hydrogens is 411 g/mol. The molecule has 0 spiro atoms. The predicted molar refractivity (Wildman–Crippen MR) is 112 cm³/mol. The van der Waals surface area contributed by atoms with Crippen molar-refractivity contribution in [3.05, 3.63) is 77.7 Å². The molecule has 0 saturated carbocycles. The van der Waals surface area contributed by atoms with Gasteiger partial charge in [-0.15, -0.1) is 0 Å². The van der Waals surface area contributed by atoms with Crippen molar-refractivity contribution < 1.29 is 17.6 Å². The highest BCUT2D eigenvalue weighted by molar-refractivity contribution is 7.13. The molecule has 0 bridgehead atoms. The maximum absolute atomic E-state index is 12.9. The number of halogens is 3. The number of benzene rings is 2. The van der Waals surface area contributed by atoms with Gasteiger partial charge in [-0.1, -0.05) is 30.3 Å². The van der Waals surface area contributed by atoms with Gasteiger partial charge in [0.15, 0.2) is 0 Å². The van der Waals surface area contributed by atoms with Gasteiger partial charge in [0.1, 0.15) is 11.5 Å². The Morgan fingerprint density at radius 3 is 2.73 bits per heavy atom. The summed E-state index contributed by atoms with van der Waals surface area (Å²) in [5.41, 5.74) is 6.91. The molecule has 0 aliphatic rings. The van der Waals surface area contributed by atoms with Crippen LogP contribution in [0.5, 0.6) is 0 Å². The Hall–Kier alpha value is -2.68. The van der Waals surface area contributed by atoms with Gasteiger partial charge in [-0.25, -0.2) is 0 Å². The number of alkyl halides is 3. The summed E-state index contributed by atoms with van der Waals surface area (Å²) in [7, 11) is 0. The predicted octanol–water partition coefficient (Wildman–Crippen LogP) is 5.75. The summed E-state index contributed by atoms with van der Waals surface area (Å²) in [6.45, 7) is 1.12. The first-order valence-electron chi connectivity index (χ1n) is 9.49. The van der Waals surface area contributed by atoms with Gasteiger partial charge in [-0.3, -0.25) is 0 Å². The highest BCUT2D eigenvalue weighted by Gasteiger charge is 2.30. The summed E-state index contributed by atoms with van der Waals surface area (Å²) in [5, 5.41) is 4.35. The molecule has 1 unspecified atom stereocenters. The molecule has 0 aliphatic heterocycles. The summed E-state index contributed by atoms with van der Waals surface area (Å²) in [6, 6.07) is 16.4. The molecule has 2 aromatic carbocycles.